The number of anilines is 1. The molecule has 15 nitrogen and oxygen atoms in total. The lowest BCUT2D eigenvalue weighted by molar-refractivity contribution is -0.117. The average molecular weight is 661 g/mol. The number of nitrogens with zero attached hydrogens (tertiary/aromatic N) is 6. The normalized spacial score (nSPS) is 15.2. The minimum absolute atomic E-state index is 0.0514. The van der Waals surface area contributed by atoms with Gasteiger partial charge in [0.05, 0.1) is 30.1 Å². The molecule has 244 valence electrons. The number of amides is 4. The summed E-state index contributed by atoms with van der Waals surface area (Å²) in [6.45, 7) is 1.14. The average Bonchev–Trinajstić information content (AvgIpc) is 3.62. The molecule has 1 aliphatic rings. The fourth-order valence-electron chi connectivity index (χ4n) is 5.43. The van der Waals surface area contributed by atoms with Gasteiger partial charge < -0.3 is 20.3 Å². The van der Waals surface area contributed by atoms with E-state index in [1.807, 2.05) is 0 Å². The van der Waals surface area contributed by atoms with Gasteiger partial charge >= 0.3 is 12.1 Å². The van der Waals surface area contributed by atoms with E-state index in [0.717, 1.165) is 12.8 Å². The summed E-state index contributed by atoms with van der Waals surface area (Å²) in [6, 6.07) is 12.7. The van der Waals surface area contributed by atoms with Gasteiger partial charge in [0.15, 0.2) is 0 Å². The maximum absolute atomic E-state index is 13.4. The highest BCUT2D eigenvalue weighted by Gasteiger charge is 2.28. The van der Waals surface area contributed by atoms with E-state index in [-0.39, 0.29) is 11.9 Å². The van der Waals surface area contributed by atoms with Gasteiger partial charge in [-0.3, -0.25) is 14.9 Å². The Bertz CT molecular complexity index is 1810. The minimum atomic E-state index is -0.617. The van der Waals surface area contributed by atoms with Crippen LogP contribution < -0.4 is 21.5 Å². The van der Waals surface area contributed by atoms with Crippen LogP contribution in [0.3, 0.4) is 0 Å². The van der Waals surface area contributed by atoms with E-state index in [0.29, 0.717) is 58.3 Å². The number of hydrogen-bond donors (Lipinski definition) is 4. The van der Waals surface area contributed by atoms with Crippen molar-refractivity contribution in [1.29, 1.82) is 0 Å². The Kier molecular flexibility index (Phi) is 10.6. The number of halogens is 1. The zero-order chi connectivity index (χ0) is 33.3. The monoisotopic (exact) mass is 660 g/mol. The van der Waals surface area contributed by atoms with E-state index >= 15 is 0 Å². The van der Waals surface area contributed by atoms with Crippen molar-refractivity contribution >= 4 is 41.4 Å². The number of rotatable bonds is 9. The molecule has 0 radical (unpaired) electrons. The van der Waals surface area contributed by atoms with Crippen molar-refractivity contribution < 1.29 is 19.1 Å². The fraction of sp³-hybridized carbons (Fsp3) is 0.290. The number of methoxy groups -OCH3 is 1. The van der Waals surface area contributed by atoms with E-state index in [1.165, 1.54) is 24.2 Å². The van der Waals surface area contributed by atoms with Crippen LogP contribution in [-0.4, -0.2) is 80.6 Å². The Hall–Kier alpha value is -5.57. The van der Waals surface area contributed by atoms with Gasteiger partial charge in [-0.05, 0) is 83.6 Å². The predicted molar refractivity (Wildman–Crippen MR) is 174 cm³/mol. The Morgan fingerprint density at radius 3 is 2.70 bits per heavy atom. The standard InChI is InChI=1S/C31H33ClN10O5/c1-33-30(45)41-13-3-4-19(17-41)14-25(36-28(43)12-7-21-15-22(32)8-11-27(21)42-18-34-39-40-42)26-16-24(29(44)38-37-26)20-5-9-23(10-6-20)35-31(46)47-2/h5-12,15-16,18-19,25H,3-4,13-14,17H2,1-2H3,(H,33,45)(H,35,46)(H,36,43)(H,38,44)/b12-7+/t19?,25-/m0/s1. The Morgan fingerprint density at radius 1 is 1.17 bits per heavy atom. The SMILES string of the molecule is CNC(=O)N1CCCC(C[C@H](NC(=O)/C=C/c2cc(Cl)ccc2-n2cnnn2)c2cc(-c3ccc(NC(=O)OC)cc3)c(=O)[nH]n2)C1. The molecule has 5 rings (SSSR count). The van der Waals surface area contributed by atoms with Crippen LogP contribution in [0.15, 0.2) is 65.7 Å². The second kappa shape index (κ2) is 15.1. The lowest BCUT2D eigenvalue weighted by atomic mass is 9.89. The van der Waals surface area contributed by atoms with Crippen LogP contribution in [0.25, 0.3) is 22.9 Å². The van der Waals surface area contributed by atoms with Gasteiger partial charge in [0.1, 0.15) is 6.33 Å². The number of carbonyl (C=O) groups excluding carboxylic acids is 3. The highest BCUT2D eigenvalue weighted by Crippen LogP contribution is 2.29. The molecular formula is C31H33ClN10O5. The van der Waals surface area contributed by atoms with E-state index in [2.05, 4.69) is 46.4 Å². The zero-order valence-electron chi connectivity index (χ0n) is 25.6. The number of H-pyrrole nitrogens is 1. The summed E-state index contributed by atoms with van der Waals surface area (Å²) in [4.78, 5) is 52.0. The lowest BCUT2D eigenvalue weighted by Gasteiger charge is -2.34. The molecule has 1 unspecified atom stereocenters. The highest BCUT2D eigenvalue weighted by molar-refractivity contribution is 6.30. The van der Waals surface area contributed by atoms with Crippen molar-refractivity contribution in [2.75, 3.05) is 32.6 Å². The first-order valence-corrected chi connectivity index (χ1v) is 15.1. The van der Waals surface area contributed by atoms with Gasteiger partial charge in [-0.1, -0.05) is 23.7 Å². The lowest BCUT2D eigenvalue weighted by Crippen LogP contribution is -2.45. The third-order valence-corrected chi connectivity index (χ3v) is 7.95. The van der Waals surface area contributed by atoms with Crippen LogP contribution in [0.2, 0.25) is 5.02 Å². The first kappa shape index (κ1) is 32.8. The molecule has 1 aliphatic heterocycles. The smallest absolute Gasteiger partial charge is 0.411 e. The molecule has 1 saturated heterocycles. The van der Waals surface area contributed by atoms with Crippen molar-refractivity contribution in [2.24, 2.45) is 5.92 Å². The molecule has 4 N–H and O–H groups in total. The Morgan fingerprint density at radius 2 is 1.98 bits per heavy atom. The van der Waals surface area contributed by atoms with E-state index in [9.17, 15) is 19.2 Å². The summed E-state index contributed by atoms with van der Waals surface area (Å²) in [5.74, 6) is -0.361. The molecule has 0 aliphatic carbocycles. The molecule has 1 fully saturated rings. The van der Waals surface area contributed by atoms with Gasteiger partial charge in [-0.25, -0.2) is 14.7 Å². The number of ether oxygens (including phenoxy) is 1. The van der Waals surface area contributed by atoms with Crippen molar-refractivity contribution in [3.63, 3.8) is 0 Å². The number of aromatic nitrogens is 6. The van der Waals surface area contributed by atoms with Crippen molar-refractivity contribution in [3.8, 4) is 16.8 Å². The number of nitrogens with one attached hydrogen (secondary N) is 4. The summed E-state index contributed by atoms with van der Waals surface area (Å²) in [6.07, 6.45) is 5.92. The third kappa shape index (κ3) is 8.38. The Balaban J connectivity index is 1.42. The van der Waals surface area contributed by atoms with Crippen molar-refractivity contribution in [3.05, 3.63) is 87.6 Å². The maximum atomic E-state index is 13.4. The molecule has 4 aromatic rings. The molecule has 2 aromatic carbocycles. The zero-order valence-corrected chi connectivity index (χ0v) is 26.4. The van der Waals surface area contributed by atoms with Gasteiger partial charge in [0.2, 0.25) is 5.91 Å². The predicted octanol–water partition coefficient (Wildman–Crippen LogP) is 3.56. The number of piperidine rings is 1. The summed E-state index contributed by atoms with van der Waals surface area (Å²) in [7, 11) is 2.86. The second-order valence-electron chi connectivity index (χ2n) is 10.8. The molecule has 16 heteroatoms. The molecule has 0 saturated carbocycles. The van der Waals surface area contributed by atoms with E-state index < -0.39 is 23.6 Å². The van der Waals surface area contributed by atoms with Gasteiger partial charge in [-0.15, -0.1) is 5.10 Å². The van der Waals surface area contributed by atoms with Gasteiger partial charge in [-0.2, -0.15) is 9.78 Å². The topological polar surface area (TPSA) is 189 Å². The first-order valence-electron chi connectivity index (χ1n) is 14.8. The number of urea groups is 1. The molecule has 4 amide bonds. The van der Waals surface area contributed by atoms with Crippen LogP contribution in [0.5, 0.6) is 0 Å². The molecule has 0 bridgehead atoms. The Labute approximate surface area is 274 Å². The van der Waals surface area contributed by atoms with Crippen LogP contribution in [0.1, 0.15) is 36.6 Å². The summed E-state index contributed by atoms with van der Waals surface area (Å²) in [5.41, 5.74) is 2.64. The molecule has 2 atom stereocenters. The maximum Gasteiger partial charge on any atom is 0.411 e. The molecule has 2 aromatic heterocycles. The third-order valence-electron chi connectivity index (χ3n) is 7.71. The van der Waals surface area contributed by atoms with Gasteiger partial charge in [0, 0.05) is 42.5 Å². The second-order valence-corrected chi connectivity index (χ2v) is 11.3. The van der Waals surface area contributed by atoms with Crippen LogP contribution in [-0.2, 0) is 9.53 Å². The molecule has 47 heavy (non-hydrogen) atoms. The van der Waals surface area contributed by atoms with E-state index in [1.54, 1.807) is 66.6 Å². The van der Waals surface area contributed by atoms with Crippen LogP contribution in [0, 0.1) is 5.92 Å². The fourth-order valence-corrected chi connectivity index (χ4v) is 5.61. The highest BCUT2D eigenvalue weighted by atomic mass is 35.5. The number of aromatic amines is 1. The molecule has 3 heterocycles. The quantitative estimate of drug-likeness (QED) is 0.195. The van der Waals surface area contributed by atoms with Crippen molar-refractivity contribution in [2.45, 2.75) is 25.3 Å². The van der Waals surface area contributed by atoms with E-state index in [4.69, 9.17) is 11.6 Å². The summed E-state index contributed by atoms with van der Waals surface area (Å²) in [5, 5.41) is 26.9. The molecule has 0 spiro atoms. The number of hydrogen-bond acceptors (Lipinski definition) is 9. The van der Waals surface area contributed by atoms with Crippen LogP contribution in [0.4, 0.5) is 15.3 Å². The summed E-state index contributed by atoms with van der Waals surface area (Å²) < 4.78 is 6.09. The number of benzene rings is 2. The first-order chi connectivity index (χ1) is 22.7. The van der Waals surface area contributed by atoms with Crippen LogP contribution >= 0.6 is 11.6 Å². The van der Waals surface area contributed by atoms with Gasteiger partial charge in [0.25, 0.3) is 5.56 Å². The summed E-state index contributed by atoms with van der Waals surface area (Å²) >= 11 is 6.24. The number of likely N-dealkylation sites (tertiary alicyclic amines) is 1. The van der Waals surface area contributed by atoms with Crippen molar-refractivity contribution in [1.82, 2.24) is 45.9 Å². The minimum Gasteiger partial charge on any atom is -0.453 e. The largest absolute Gasteiger partial charge is 0.453 e. The number of carbonyl (C=O) groups is 3. The number of tetrazole rings is 1. The molecular weight excluding hydrogens is 628 g/mol.